The number of nitrogens with zero attached hydrogens (tertiary/aromatic N) is 1. The van der Waals surface area contributed by atoms with Crippen LogP contribution in [0, 0.1) is 0 Å². The van der Waals surface area contributed by atoms with Gasteiger partial charge in [-0.1, -0.05) is 30.3 Å². The van der Waals surface area contributed by atoms with E-state index in [1.807, 2.05) is 61.5 Å². The summed E-state index contributed by atoms with van der Waals surface area (Å²) in [5.41, 5.74) is 1.77. The number of carbonyl (C=O) groups excluding carboxylic acids is 1. The van der Waals surface area contributed by atoms with Gasteiger partial charge in [-0.3, -0.25) is 0 Å². The fraction of sp³-hybridized carbons (Fsp3) is 0.381. The lowest BCUT2D eigenvalue weighted by Gasteiger charge is -2.31. The van der Waals surface area contributed by atoms with Gasteiger partial charge in [0.1, 0.15) is 12.4 Å². The highest BCUT2D eigenvalue weighted by atomic mass is 16.5. The van der Waals surface area contributed by atoms with E-state index in [9.17, 15) is 4.79 Å². The normalized spacial score (nSPS) is 16.8. The molecule has 1 fully saturated rings. The van der Waals surface area contributed by atoms with Crippen molar-refractivity contribution in [2.24, 2.45) is 0 Å². The molecule has 0 aliphatic carbocycles. The maximum absolute atomic E-state index is 12.4. The summed E-state index contributed by atoms with van der Waals surface area (Å²) in [6.45, 7) is 5.23. The molecule has 0 saturated carbocycles. The molecule has 1 N–H and O–H groups in total. The van der Waals surface area contributed by atoms with Crippen molar-refractivity contribution in [2.75, 3.05) is 38.2 Å². The molecule has 3 rings (SSSR count). The number of ether oxygens (including phenoxy) is 3. The Morgan fingerprint density at radius 3 is 2.85 bits per heavy atom. The van der Waals surface area contributed by atoms with E-state index in [0.29, 0.717) is 39.5 Å². The van der Waals surface area contributed by atoms with Gasteiger partial charge in [-0.2, -0.15) is 0 Å². The Morgan fingerprint density at radius 1 is 1.19 bits per heavy atom. The van der Waals surface area contributed by atoms with Crippen LogP contribution in [-0.2, 0) is 16.1 Å². The number of morpholine rings is 1. The molecule has 1 heterocycles. The minimum Gasteiger partial charge on any atom is -0.491 e. The van der Waals surface area contributed by atoms with E-state index < -0.39 is 0 Å². The third-order valence-corrected chi connectivity index (χ3v) is 4.21. The van der Waals surface area contributed by atoms with Gasteiger partial charge < -0.3 is 24.4 Å². The zero-order valence-electron chi connectivity index (χ0n) is 15.6. The quantitative estimate of drug-likeness (QED) is 0.758. The van der Waals surface area contributed by atoms with E-state index in [1.54, 1.807) is 4.90 Å². The maximum atomic E-state index is 12.4. The van der Waals surface area contributed by atoms with Gasteiger partial charge in [-0.05, 0) is 36.8 Å². The van der Waals surface area contributed by atoms with Crippen molar-refractivity contribution in [1.82, 2.24) is 4.90 Å². The van der Waals surface area contributed by atoms with Gasteiger partial charge in [-0.25, -0.2) is 4.79 Å². The van der Waals surface area contributed by atoms with Gasteiger partial charge in [0.05, 0.1) is 25.9 Å². The molecule has 2 aromatic rings. The fourth-order valence-corrected chi connectivity index (χ4v) is 2.87. The minimum absolute atomic E-state index is 0.0716. The highest BCUT2D eigenvalue weighted by Crippen LogP contribution is 2.14. The van der Waals surface area contributed by atoms with E-state index in [-0.39, 0.29) is 12.1 Å². The molecule has 1 atom stereocenters. The van der Waals surface area contributed by atoms with Crippen molar-refractivity contribution >= 4 is 11.7 Å². The third kappa shape index (κ3) is 6.27. The van der Waals surface area contributed by atoms with E-state index >= 15 is 0 Å². The average molecular weight is 370 g/mol. The molecule has 0 radical (unpaired) electrons. The second-order valence-corrected chi connectivity index (χ2v) is 6.47. The van der Waals surface area contributed by atoms with Crippen LogP contribution < -0.4 is 10.1 Å². The standard InChI is InChI=1S/C21H26N2O4/c1-17-15-23(10-11-26-17)21(24)22-19-7-5-6-18(14-19)16-25-12-13-27-20-8-3-2-4-9-20/h2-9,14,17H,10-13,15-16H2,1H3,(H,22,24)/t17-/m0/s1. The Morgan fingerprint density at radius 2 is 2.04 bits per heavy atom. The molecule has 2 aromatic carbocycles. The molecule has 144 valence electrons. The Hall–Kier alpha value is -2.57. The zero-order chi connectivity index (χ0) is 18.9. The zero-order valence-corrected chi connectivity index (χ0v) is 15.6. The van der Waals surface area contributed by atoms with Crippen molar-refractivity contribution in [3.63, 3.8) is 0 Å². The Bertz CT molecular complexity index is 723. The molecule has 2 amide bonds. The predicted molar refractivity (Wildman–Crippen MR) is 104 cm³/mol. The molecule has 6 heteroatoms. The number of urea groups is 1. The number of anilines is 1. The highest BCUT2D eigenvalue weighted by Gasteiger charge is 2.21. The van der Waals surface area contributed by atoms with Crippen LogP contribution in [0.25, 0.3) is 0 Å². The van der Waals surface area contributed by atoms with E-state index in [4.69, 9.17) is 14.2 Å². The summed E-state index contributed by atoms with van der Waals surface area (Å²) in [6, 6.07) is 17.3. The lowest BCUT2D eigenvalue weighted by molar-refractivity contribution is -0.00138. The van der Waals surface area contributed by atoms with Gasteiger partial charge in [0.2, 0.25) is 0 Å². The first kappa shape index (κ1) is 19.2. The summed E-state index contributed by atoms with van der Waals surface area (Å²) in [6.07, 6.45) is 0.0716. The minimum atomic E-state index is -0.0977. The van der Waals surface area contributed by atoms with Gasteiger partial charge in [-0.15, -0.1) is 0 Å². The predicted octanol–water partition coefficient (Wildman–Crippen LogP) is 3.53. The van der Waals surface area contributed by atoms with E-state index in [0.717, 1.165) is 17.0 Å². The Balaban J connectivity index is 1.41. The maximum Gasteiger partial charge on any atom is 0.322 e. The molecule has 27 heavy (non-hydrogen) atoms. The van der Waals surface area contributed by atoms with Gasteiger partial charge >= 0.3 is 6.03 Å². The third-order valence-electron chi connectivity index (χ3n) is 4.21. The summed E-state index contributed by atoms with van der Waals surface area (Å²) < 4.78 is 16.7. The van der Waals surface area contributed by atoms with Crippen molar-refractivity contribution in [3.8, 4) is 5.75 Å². The molecule has 0 aromatic heterocycles. The van der Waals surface area contributed by atoms with Crippen LogP contribution in [-0.4, -0.2) is 49.9 Å². The second kappa shape index (κ2) is 9.94. The van der Waals surface area contributed by atoms with Gasteiger partial charge in [0, 0.05) is 18.8 Å². The van der Waals surface area contributed by atoms with Crippen LogP contribution in [0.1, 0.15) is 12.5 Å². The highest BCUT2D eigenvalue weighted by molar-refractivity contribution is 5.89. The number of hydrogen-bond acceptors (Lipinski definition) is 4. The van der Waals surface area contributed by atoms with E-state index in [2.05, 4.69) is 5.32 Å². The van der Waals surface area contributed by atoms with Crippen molar-refractivity contribution < 1.29 is 19.0 Å². The lowest BCUT2D eigenvalue weighted by atomic mass is 10.2. The number of amides is 2. The van der Waals surface area contributed by atoms with E-state index in [1.165, 1.54) is 0 Å². The molecule has 1 aliphatic rings. The number of nitrogens with one attached hydrogen (secondary N) is 1. The first-order valence-corrected chi connectivity index (χ1v) is 9.23. The van der Waals surface area contributed by atoms with Crippen LogP contribution in [0.5, 0.6) is 5.75 Å². The first-order chi connectivity index (χ1) is 13.2. The summed E-state index contributed by atoms with van der Waals surface area (Å²) >= 11 is 0. The second-order valence-electron chi connectivity index (χ2n) is 6.47. The Kier molecular flexibility index (Phi) is 7.07. The average Bonchev–Trinajstić information content (AvgIpc) is 2.69. The molecular weight excluding hydrogens is 344 g/mol. The molecule has 1 aliphatic heterocycles. The summed E-state index contributed by atoms with van der Waals surface area (Å²) in [5.74, 6) is 0.836. The largest absolute Gasteiger partial charge is 0.491 e. The summed E-state index contributed by atoms with van der Waals surface area (Å²) in [4.78, 5) is 14.1. The molecule has 0 spiro atoms. The number of rotatable bonds is 7. The number of hydrogen-bond donors (Lipinski definition) is 1. The molecule has 6 nitrogen and oxygen atoms in total. The molecule has 0 bridgehead atoms. The van der Waals surface area contributed by atoms with Crippen molar-refractivity contribution in [2.45, 2.75) is 19.6 Å². The molecule has 1 saturated heterocycles. The molecular formula is C21H26N2O4. The van der Waals surface area contributed by atoms with Crippen LogP contribution in [0.2, 0.25) is 0 Å². The monoisotopic (exact) mass is 370 g/mol. The van der Waals surface area contributed by atoms with Crippen molar-refractivity contribution in [3.05, 3.63) is 60.2 Å². The first-order valence-electron chi connectivity index (χ1n) is 9.23. The van der Waals surface area contributed by atoms with Crippen LogP contribution >= 0.6 is 0 Å². The van der Waals surface area contributed by atoms with Gasteiger partial charge in [0.25, 0.3) is 0 Å². The van der Waals surface area contributed by atoms with Crippen molar-refractivity contribution in [1.29, 1.82) is 0 Å². The van der Waals surface area contributed by atoms with Crippen LogP contribution in [0.4, 0.5) is 10.5 Å². The Labute approximate surface area is 160 Å². The number of carbonyl (C=O) groups is 1. The summed E-state index contributed by atoms with van der Waals surface area (Å²) in [7, 11) is 0. The topological polar surface area (TPSA) is 60.0 Å². The number of para-hydroxylation sites is 1. The smallest absolute Gasteiger partial charge is 0.322 e. The molecule has 0 unspecified atom stereocenters. The lowest BCUT2D eigenvalue weighted by Crippen LogP contribution is -2.46. The van der Waals surface area contributed by atoms with Crippen LogP contribution in [0.3, 0.4) is 0 Å². The fourth-order valence-electron chi connectivity index (χ4n) is 2.87. The SMILES string of the molecule is C[C@H]1CN(C(=O)Nc2cccc(COCCOc3ccccc3)c2)CCO1. The van der Waals surface area contributed by atoms with Crippen LogP contribution in [0.15, 0.2) is 54.6 Å². The van der Waals surface area contributed by atoms with Gasteiger partial charge in [0.15, 0.2) is 0 Å². The number of benzene rings is 2. The summed E-state index contributed by atoms with van der Waals surface area (Å²) in [5, 5.41) is 2.95.